The summed E-state index contributed by atoms with van der Waals surface area (Å²) < 4.78 is 31.0. The van der Waals surface area contributed by atoms with Gasteiger partial charge in [0.2, 0.25) is 0 Å². The van der Waals surface area contributed by atoms with Crippen molar-refractivity contribution >= 4 is 18.2 Å². The van der Waals surface area contributed by atoms with Crippen molar-refractivity contribution in [1.82, 2.24) is 0 Å². The van der Waals surface area contributed by atoms with Crippen LogP contribution in [0.15, 0.2) is 59.5 Å². The quantitative estimate of drug-likeness (QED) is 0.0431. The molecule has 3 aromatic carbocycles. The largest absolute Gasteiger partial charge is 0.497 e. The number of para-hydroxylation sites is 2. The van der Waals surface area contributed by atoms with Crippen LogP contribution in [0.4, 0.5) is 0 Å². The molecule has 0 amide bonds. The van der Waals surface area contributed by atoms with Crippen LogP contribution in [0.5, 0.6) is 11.5 Å². The van der Waals surface area contributed by atoms with Gasteiger partial charge >= 0.3 is 6.80 Å². The van der Waals surface area contributed by atoms with Crippen LogP contribution in [0.2, 0.25) is 0 Å². The molecule has 3 aromatic rings. The Hall–Kier alpha value is -2.16. The average molecular weight is 847 g/mol. The van der Waals surface area contributed by atoms with Crippen LogP contribution in [-0.4, -0.2) is 0 Å². The maximum absolute atomic E-state index is 16.4. The van der Waals surface area contributed by atoms with E-state index < -0.39 is 6.80 Å². The highest BCUT2D eigenvalue weighted by atomic mass is 32.7. The van der Waals surface area contributed by atoms with Gasteiger partial charge in [-0.05, 0) is 110 Å². The number of hydrogen-bond acceptors (Lipinski definition) is 4. The zero-order chi connectivity index (χ0) is 42.4. The second-order valence-corrected chi connectivity index (χ2v) is 21.0. The lowest BCUT2D eigenvalue weighted by Crippen LogP contribution is -2.08. The molecular weight excluding hydrogens is 760 g/mol. The minimum Gasteiger partial charge on any atom is -0.408 e. The van der Waals surface area contributed by atoms with E-state index in [-0.39, 0.29) is 0 Å². The van der Waals surface area contributed by atoms with Crippen molar-refractivity contribution < 1.29 is 13.6 Å². The molecule has 0 bridgehead atoms. The molecule has 0 aliphatic rings. The number of benzene rings is 3. The van der Waals surface area contributed by atoms with E-state index >= 15 is 4.57 Å². The second kappa shape index (κ2) is 31.7. The topological polar surface area (TPSA) is 35.5 Å². The van der Waals surface area contributed by atoms with Crippen molar-refractivity contribution in [3.8, 4) is 11.5 Å². The molecule has 0 saturated heterocycles. The van der Waals surface area contributed by atoms with E-state index in [1.54, 1.807) is 0 Å². The molecule has 0 fully saturated rings. The Morgan fingerprint density at radius 1 is 0.356 bits per heavy atom. The first kappa shape index (κ1) is 51.2. The van der Waals surface area contributed by atoms with Gasteiger partial charge in [-0.25, -0.2) is 4.57 Å². The fraction of sp³-hybridized carbons (Fsp3) is 0.667. The van der Waals surface area contributed by atoms with Gasteiger partial charge in [0.15, 0.2) is 0 Å². The lowest BCUT2D eigenvalue weighted by Gasteiger charge is -2.26. The highest BCUT2D eigenvalue weighted by Gasteiger charge is 2.36. The molecule has 0 aliphatic carbocycles. The van der Waals surface area contributed by atoms with Crippen LogP contribution in [0.25, 0.3) is 0 Å². The molecule has 0 aliphatic heterocycles. The predicted octanol–water partition coefficient (Wildman–Crippen LogP) is 18.8. The average Bonchev–Trinajstić information content (AvgIpc) is 3.24. The minimum absolute atomic E-state index is 0.825. The van der Waals surface area contributed by atoms with Gasteiger partial charge in [0.25, 0.3) is 0 Å². The number of hydrogen-bond donors (Lipinski definition) is 0. The fourth-order valence-corrected chi connectivity index (χ4v) is 12.2. The van der Waals surface area contributed by atoms with Crippen LogP contribution in [0.3, 0.4) is 0 Å². The number of unbranched alkanes of at least 4 members (excludes halogenated alkanes) is 18. The Kier molecular flexibility index (Phi) is 27.5. The van der Waals surface area contributed by atoms with Crippen LogP contribution >= 0.6 is 18.2 Å². The van der Waals surface area contributed by atoms with E-state index in [1.807, 2.05) is 0 Å². The molecule has 0 atom stereocenters. The normalized spacial score (nSPS) is 11.7. The molecule has 59 heavy (non-hydrogen) atoms. The van der Waals surface area contributed by atoms with Crippen molar-refractivity contribution in [3.05, 3.63) is 88.0 Å². The lowest BCUT2D eigenvalue weighted by molar-refractivity contribution is 0.399. The highest BCUT2D eigenvalue weighted by molar-refractivity contribution is 8.55. The first-order chi connectivity index (χ1) is 28.9. The van der Waals surface area contributed by atoms with E-state index in [0.29, 0.717) is 0 Å². The van der Waals surface area contributed by atoms with Gasteiger partial charge in [-0.1, -0.05) is 212 Å². The molecular formula is C54H87O3PS. The molecule has 3 rings (SSSR count). The van der Waals surface area contributed by atoms with Crippen molar-refractivity contribution in [3.63, 3.8) is 0 Å². The van der Waals surface area contributed by atoms with E-state index in [4.69, 9.17) is 9.05 Å². The fourth-order valence-electron chi connectivity index (χ4n) is 8.29. The third-order valence-corrected chi connectivity index (χ3v) is 15.4. The van der Waals surface area contributed by atoms with E-state index in [1.165, 1.54) is 160 Å². The van der Waals surface area contributed by atoms with Gasteiger partial charge < -0.3 is 9.05 Å². The lowest BCUT2D eigenvalue weighted by atomic mass is 9.99. The van der Waals surface area contributed by atoms with Gasteiger partial charge in [-0.3, -0.25) is 0 Å². The third kappa shape index (κ3) is 19.6. The molecule has 332 valence electrons. The first-order valence-electron chi connectivity index (χ1n) is 24.9. The van der Waals surface area contributed by atoms with E-state index in [9.17, 15) is 0 Å². The highest BCUT2D eigenvalue weighted by Crippen LogP contribution is 2.65. The maximum atomic E-state index is 16.4. The summed E-state index contributed by atoms with van der Waals surface area (Å²) in [7, 11) is 0. The van der Waals surface area contributed by atoms with Gasteiger partial charge in [0.05, 0.1) is 0 Å². The molecule has 0 radical (unpaired) electrons. The summed E-state index contributed by atoms with van der Waals surface area (Å²) in [4.78, 5) is 1.14. The standard InChI is InChI=1S/C54H87O3PS/c1-7-13-19-25-34-46-40-31-41-47(35-26-20-14-8-2)52(46)56-58(55,57-53-48(36-27-21-15-9-3)42-32-43-49(53)37-28-22-16-10-4)59-54-50(38-29-23-17-11-5)44-33-45-51(54)39-30-24-18-12-6/h31-33,40-45H,7-30,34-39H2,1-6H3. The van der Waals surface area contributed by atoms with Gasteiger partial charge in [-0.15, -0.1) is 0 Å². The van der Waals surface area contributed by atoms with Crippen LogP contribution in [0, 0.1) is 0 Å². The molecule has 3 nitrogen and oxygen atoms in total. The monoisotopic (exact) mass is 847 g/mol. The van der Waals surface area contributed by atoms with Crippen molar-refractivity contribution in [2.24, 2.45) is 0 Å². The molecule has 5 heteroatoms. The predicted molar refractivity (Wildman–Crippen MR) is 261 cm³/mol. The second-order valence-electron chi connectivity index (χ2n) is 17.3. The van der Waals surface area contributed by atoms with E-state index in [0.717, 1.165) is 93.4 Å². The van der Waals surface area contributed by atoms with Gasteiger partial charge in [-0.2, -0.15) is 0 Å². The molecule has 0 spiro atoms. The summed E-state index contributed by atoms with van der Waals surface area (Å²) in [6, 6.07) is 20.1. The van der Waals surface area contributed by atoms with Crippen LogP contribution in [-0.2, 0) is 43.1 Å². The number of rotatable bonds is 36. The summed E-state index contributed by atoms with van der Waals surface area (Å²) in [6.07, 6.45) is 34.2. The van der Waals surface area contributed by atoms with Gasteiger partial charge in [0.1, 0.15) is 11.5 Å². The first-order valence-corrected chi connectivity index (χ1v) is 27.9. The van der Waals surface area contributed by atoms with Crippen LogP contribution in [0.1, 0.15) is 229 Å². The third-order valence-electron chi connectivity index (χ3n) is 11.9. The molecule has 0 N–H and O–H groups in total. The Balaban J connectivity index is 2.24. The maximum Gasteiger partial charge on any atom is 0.497 e. The van der Waals surface area contributed by atoms with Crippen molar-refractivity contribution in [2.75, 3.05) is 0 Å². The Labute approximate surface area is 368 Å². The Morgan fingerprint density at radius 3 is 0.847 bits per heavy atom. The van der Waals surface area contributed by atoms with Crippen molar-refractivity contribution in [1.29, 1.82) is 0 Å². The van der Waals surface area contributed by atoms with Crippen LogP contribution < -0.4 is 9.05 Å². The molecule has 0 unspecified atom stereocenters. The number of aryl methyl sites for hydroxylation is 6. The summed E-state index contributed by atoms with van der Waals surface area (Å²) in [5.41, 5.74) is 7.31. The molecule has 0 heterocycles. The molecule has 0 saturated carbocycles. The Morgan fingerprint density at radius 2 is 0.593 bits per heavy atom. The molecule has 0 aromatic heterocycles. The minimum atomic E-state index is -3.90. The summed E-state index contributed by atoms with van der Waals surface area (Å²) in [5, 5.41) is 0. The van der Waals surface area contributed by atoms with E-state index in [2.05, 4.69) is 96.1 Å². The zero-order valence-electron chi connectivity index (χ0n) is 39.0. The summed E-state index contributed by atoms with van der Waals surface area (Å²) >= 11 is 1.44. The van der Waals surface area contributed by atoms with Gasteiger partial charge in [0, 0.05) is 16.3 Å². The Bertz CT molecular complexity index is 1310. The van der Waals surface area contributed by atoms with Crippen molar-refractivity contribution in [2.45, 2.75) is 239 Å². The SMILES string of the molecule is CCCCCCc1cccc(CCCCCC)c1OP(=O)(Oc1c(CCCCCC)cccc1CCCCCC)Sc1c(CCCCCC)cccc1CCCCCC. The smallest absolute Gasteiger partial charge is 0.408 e. The zero-order valence-corrected chi connectivity index (χ0v) is 40.7. The summed E-state index contributed by atoms with van der Waals surface area (Å²) in [5.74, 6) is 1.65. The summed E-state index contributed by atoms with van der Waals surface area (Å²) in [6.45, 7) is 9.76.